The molecule has 246 valence electrons. The summed E-state index contributed by atoms with van der Waals surface area (Å²) in [4.78, 5) is 26.9. The van der Waals surface area contributed by atoms with Crippen LogP contribution in [0, 0.1) is 0 Å². The molecular weight excluding hydrogens is 552 g/mol. The van der Waals surface area contributed by atoms with E-state index in [4.69, 9.17) is 18.9 Å². The third-order valence-electron chi connectivity index (χ3n) is 7.64. The number of rotatable bonds is 27. The smallest absolute Gasteiger partial charge is 0.233 e. The van der Waals surface area contributed by atoms with Gasteiger partial charge >= 0.3 is 0 Å². The molecule has 0 radical (unpaired) electrons. The van der Waals surface area contributed by atoms with Gasteiger partial charge < -0.3 is 18.9 Å². The summed E-state index contributed by atoms with van der Waals surface area (Å²) in [5.74, 6) is 1.08. The predicted octanol–water partition coefficient (Wildman–Crippen LogP) is 10.6. The Morgan fingerprint density at radius 2 is 0.705 bits per heavy atom. The Hall–Kier alpha value is -3.02. The minimum Gasteiger partial charge on any atom is -0.490 e. The molecule has 0 amide bonds. The van der Waals surface area contributed by atoms with Crippen LogP contribution in [0.5, 0.6) is 23.0 Å². The largest absolute Gasteiger partial charge is 0.490 e. The zero-order valence-electron chi connectivity index (χ0n) is 28.1. The fourth-order valence-electron chi connectivity index (χ4n) is 4.87. The SMILES string of the molecule is CCCCCCOc1ccc(C(=O)C(=O)c2ccc(OCCCCCC)c(OCCCCCC)c2)cc1OCCCCCC. The van der Waals surface area contributed by atoms with Gasteiger partial charge in [0.15, 0.2) is 23.0 Å². The number of Topliss-reactive ketones (excluding diaryl/α,β-unsaturated/α-hetero) is 2. The Kier molecular flexibility index (Phi) is 19.7. The quantitative estimate of drug-likeness (QED) is 0.0569. The zero-order valence-corrected chi connectivity index (χ0v) is 28.1. The van der Waals surface area contributed by atoms with Crippen molar-refractivity contribution in [2.75, 3.05) is 26.4 Å². The number of hydrogen-bond donors (Lipinski definition) is 0. The minimum atomic E-state index is -0.586. The number of carbonyl (C=O) groups is 2. The van der Waals surface area contributed by atoms with Gasteiger partial charge in [0.25, 0.3) is 0 Å². The first-order valence-electron chi connectivity index (χ1n) is 17.4. The first kappa shape index (κ1) is 37.2. The van der Waals surface area contributed by atoms with Crippen LogP contribution in [0.4, 0.5) is 0 Å². The second-order valence-corrected chi connectivity index (χ2v) is 11.6. The van der Waals surface area contributed by atoms with Gasteiger partial charge in [-0.2, -0.15) is 0 Å². The molecule has 0 unspecified atom stereocenters. The molecule has 44 heavy (non-hydrogen) atoms. The molecule has 2 aromatic carbocycles. The summed E-state index contributed by atoms with van der Waals surface area (Å²) in [5.41, 5.74) is 0.574. The molecule has 0 N–H and O–H groups in total. The molecule has 0 aliphatic rings. The standard InChI is InChI=1S/C38H58O6/c1-5-9-13-17-25-41-33-23-21-31(29-35(33)43-27-19-15-11-7-3)37(39)38(40)32-22-24-34(42-26-18-14-10-6-2)36(30-32)44-28-20-16-12-8-4/h21-24,29-30H,5-20,25-28H2,1-4H3. The molecule has 0 saturated heterocycles. The molecule has 0 heterocycles. The van der Waals surface area contributed by atoms with Crippen LogP contribution in [-0.4, -0.2) is 38.0 Å². The number of unbranched alkanes of at least 4 members (excludes halogenated alkanes) is 12. The van der Waals surface area contributed by atoms with E-state index < -0.39 is 11.6 Å². The molecule has 0 aliphatic carbocycles. The Bertz CT molecular complexity index is 993. The van der Waals surface area contributed by atoms with Crippen LogP contribution in [-0.2, 0) is 0 Å². The van der Waals surface area contributed by atoms with Gasteiger partial charge in [-0.25, -0.2) is 0 Å². The molecular formula is C38H58O6. The normalized spacial score (nSPS) is 10.9. The fourth-order valence-corrected chi connectivity index (χ4v) is 4.87. The highest BCUT2D eigenvalue weighted by Gasteiger charge is 2.22. The zero-order chi connectivity index (χ0) is 31.8. The van der Waals surface area contributed by atoms with Gasteiger partial charge in [0.1, 0.15) is 0 Å². The monoisotopic (exact) mass is 610 g/mol. The lowest BCUT2D eigenvalue weighted by atomic mass is 10.0. The summed E-state index contributed by atoms with van der Waals surface area (Å²) >= 11 is 0. The summed E-state index contributed by atoms with van der Waals surface area (Å²) in [6, 6.07) is 10.1. The molecule has 0 aliphatic heterocycles. The van der Waals surface area contributed by atoms with Gasteiger partial charge in [0.05, 0.1) is 26.4 Å². The van der Waals surface area contributed by atoms with Gasteiger partial charge in [0.2, 0.25) is 11.6 Å². The first-order valence-corrected chi connectivity index (χ1v) is 17.4. The Labute approximate surface area is 267 Å². The predicted molar refractivity (Wildman–Crippen MR) is 180 cm³/mol. The number of ether oxygens (including phenoxy) is 4. The van der Waals surface area contributed by atoms with Crippen LogP contribution in [0.2, 0.25) is 0 Å². The molecule has 0 aromatic heterocycles. The van der Waals surface area contributed by atoms with Gasteiger partial charge in [-0.15, -0.1) is 0 Å². The van der Waals surface area contributed by atoms with Crippen LogP contribution in [0.1, 0.15) is 151 Å². The summed E-state index contributed by atoms with van der Waals surface area (Å²) < 4.78 is 24.2. The van der Waals surface area contributed by atoms with Crippen molar-refractivity contribution in [2.45, 2.75) is 130 Å². The van der Waals surface area contributed by atoms with E-state index in [1.807, 2.05) is 0 Å². The van der Waals surface area contributed by atoms with Crippen molar-refractivity contribution in [3.63, 3.8) is 0 Å². The summed E-state index contributed by atoms with van der Waals surface area (Å²) in [5, 5.41) is 0. The van der Waals surface area contributed by atoms with Crippen molar-refractivity contribution in [1.29, 1.82) is 0 Å². The van der Waals surface area contributed by atoms with E-state index in [1.165, 1.54) is 25.7 Å². The lowest BCUT2D eigenvalue weighted by molar-refractivity contribution is 0.0816. The summed E-state index contributed by atoms with van der Waals surface area (Å²) in [6.07, 6.45) is 17.5. The Morgan fingerprint density at radius 1 is 0.409 bits per heavy atom. The fraction of sp³-hybridized carbons (Fsp3) is 0.632. The van der Waals surface area contributed by atoms with Gasteiger partial charge in [-0.05, 0) is 62.1 Å². The van der Waals surface area contributed by atoms with Crippen LogP contribution < -0.4 is 18.9 Å². The van der Waals surface area contributed by atoms with E-state index in [0.717, 1.165) is 77.0 Å². The molecule has 0 saturated carbocycles. The van der Waals surface area contributed by atoms with Crippen molar-refractivity contribution >= 4 is 11.6 Å². The Balaban J connectivity index is 2.19. The van der Waals surface area contributed by atoms with E-state index in [9.17, 15) is 9.59 Å². The lowest BCUT2D eigenvalue weighted by Gasteiger charge is -2.15. The van der Waals surface area contributed by atoms with Crippen molar-refractivity contribution in [1.82, 2.24) is 0 Å². The highest BCUT2D eigenvalue weighted by atomic mass is 16.5. The number of hydrogen-bond acceptors (Lipinski definition) is 6. The molecule has 0 atom stereocenters. The van der Waals surface area contributed by atoms with E-state index in [2.05, 4.69) is 27.7 Å². The minimum absolute atomic E-state index is 0.287. The summed E-state index contributed by atoms with van der Waals surface area (Å²) in [7, 11) is 0. The van der Waals surface area contributed by atoms with E-state index in [1.54, 1.807) is 36.4 Å². The van der Waals surface area contributed by atoms with E-state index >= 15 is 0 Å². The highest BCUT2D eigenvalue weighted by molar-refractivity contribution is 6.49. The number of carbonyl (C=O) groups excluding carboxylic acids is 2. The van der Waals surface area contributed by atoms with Crippen molar-refractivity contribution in [3.05, 3.63) is 47.5 Å². The van der Waals surface area contributed by atoms with Gasteiger partial charge in [0, 0.05) is 11.1 Å². The lowest BCUT2D eigenvalue weighted by Crippen LogP contribution is -2.15. The van der Waals surface area contributed by atoms with E-state index in [0.29, 0.717) is 49.4 Å². The third-order valence-corrected chi connectivity index (χ3v) is 7.64. The third kappa shape index (κ3) is 14.2. The average Bonchev–Trinajstić information content (AvgIpc) is 3.04. The van der Waals surface area contributed by atoms with Gasteiger partial charge in [-0.3, -0.25) is 9.59 Å². The van der Waals surface area contributed by atoms with Crippen LogP contribution in [0.25, 0.3) is 0 Å². The van der Waals surface area contributed by atoms with Crippen LogP contribution >= 0.6 is 0 Å². The first-order chi connectivity index (χ1) is 21.5. The molecule has 0 fully saturated rings. The molecule has 2 rings (SSSR count). The maximum atomic E-state index is 13.4. The number of ketones is 2. The maximum Gasteiger partial charge on any atom is 0.233 e. The average molecular weight is 611 g/mol. The highest BCUT2D eigenvalue weighted by Crippen LogP contribution is 2.32. The molecule has 0 bridgehead atoms. The van der Waals surface area contributed by atoms with E-state index in [-0.39, 0.29) is 11.1 Å². The maximum absolute atomic E-state index is 13.4. The molecule has 0 spiro atoms. The topological polar surface area (TPSA) is 71.1 Å². The van der Waals surface area contributed by atoms with Crippen molar-refractivity contribution in [2.24, 2.45) is 0 Å². The Morgan fingerprint density at radius 3 is 1.00 bits per heavy atom. The molecule has 6 nitrogen and oxygen atoms in total. The van der Waals surface area contributed by atoms with Crippen LogP contribution in [0.15, 0.2) is 36.4 Å². The second kappa shape index (κ2) is 23.4. The second-order valence-electron chi connectivity index (χ2n) is 11.6. The summed E-state index contributed by atoms with van der Waals surface area (Å²) in [6.45, 7) is 11.0. The molecule has 6 heteroatoms. The molecule has 2 aromatic rings. The van der Waals surface area contributed by atoms with Crippen LogP contribution in [0.3, 0.4) is 0 Å². The van der Waals surface area contributed by atoms with Gasteiger partial charge in [-0.1, -0.05) is 105 Å². The van der Waals surface area contributed by atoms with Crippen molar-refractivity contribution in [3.8, 4) is 23.0 Å². The number of benzene rings is 2. The van der Waals surface area contributed by atoms with Crippen molar-refractivity contribution < 1.29 is 28.5 Å².